The smallest absolute Gasteiger partial charge is 0.322 e. The van der Waals surface area contributed by atoms with Crippen LogP contribution in [-0.2, 0) is 32.5 Å². The Hall–Kier alpha value is -4.39. The maximum Gasteiger partial charge on any atom is 0.322 e. The summed E-state index contributed by atoms with van der Waals surface area (Å²) >= 11 is 0. The zero-order valence-corrected chi connectivity index (χ0v) is 20.5. The van der Waals surface area contributed by atoms with Crippen LogP contribution in [0.5, 0.6) is 0 Å². The van der Waals surface area contributed by atoms with Crippen LogP contribution in [0.2, 0.25) is 0 Å². The molecule has 0 fully saturated rings. The number of H-pyrrole nitrogens is 1. The van der Waals surface area contributed by atoms with Gasteiger partial charge in [-0.25, -0.2) is 8.42 Å². The Morgan fingerprint density at radius 1 is 0.892 bits per heavy atom. The van der Waals surface area contributed by atoms with Gasteiger partial charge in [-0.15, -0.1) is 0 Å². The molecular weight excluding hydrogens is 492 g/mol. The minimum Gasteiger partial charge on any atom is -0.481 e. The quantitative estimate of drug-likeness (QED) is 0.251. The van der Waals surface area contributed by atoms with Crippen molar-refractivity contribution in [3.05, 3.63) is 101 Å². The van der Waals surface area contributed by atoms with Gasteiger partial charge in [0.15, 0.2) is 0 Å². The Kier molecular flexibility index (Phi) is 7.72. The Morgan fingerprint density at radius 2 is 1.51 bits per heavy atom. The molecule has 1 aromatic heterocycles. The molecule has 0 saturated carbocycles. The first kappa shape index (κ1) is 25.7. The van der Waals surface area contributed by atoms with E-state index in [-0.39, 0.29) is 17.7 Å². The number of carboxylic acid groups (broad SMARTS) is 2. The van der Waals surface area contributed by atoms with Crippen molar-refractivity contribution in [1.29, 1.82) is 0 Å². The van der Waals surface area contributed by atoms with E-state index in [4.69, 9.17) is 5.11 Å². The van der Waals surface area contributed by atoms with E-state index in [2.05, 4.69) is 21.5 Å². The number of hydrogen-bond acceptors (Lipinski definition) is 4. The Labute approximate surface area is 214 Å². The van der Waals surface area contributed by atoms with Gasteiger partial charge < -0.3 is 15.2 Å². The topological polar surface area (TPSA) is 137 Å². The second-order valence-corrected chi connectivity index (χ2v) is 10.2. The lowest BCUT2D eigenvalue weighted by atomic mass is 10.1. The van der Waals surface area contributed by atoms with E-state index in [9.17, 15) is 23.1 Å². The fourth-order valence-corrected chi connectivity index (χ4v) is 5.01. The number of benzene rings is 3. The van der Waals surface area contributed by atoms with Crippen molar-refractivity contribution < 1.29 is 28.2 Å². The third-order valence-electron chi connectivity index (χ3n) is 5.79. The van der Waals surface area contributed by atoms with E-state index >= 15 is 0 Å². The van der Waals surface area contributed by atoms with Crippen LogP contribution in [0.25, 0.3) is 10.9 Å². The van der Waals surface area contributed by atoms with E-state index in [1.807, 2.05) is 36.4 Å². The van der Waals surface area contributed by atoms with Gasteiger partial charge in [0.05, 0.1) is 4.90 Å². The number of aryl methyl sites for hydroxylation is 1. The molecule has 188 valence electrons. The van der Waals surface area contributed by atoms with Crippen LogP contribution in [0.4, 0.5) is 0 Å². The van der Waals surface area contributed by atoms with Crippen molar-refractivity contribution in [1.82, 2.24) is 9.71 Å². The van der Waals surface area contributed by atoms with Crippen LogP contribution in [-0.4, -0.2) is 41.6 Å². The van der Waals surface area contributed by atoms with E-state index in [0.717, 1.165) is 22.0 Å². The molecule has 0 bridgehead atoms. The van der Waals surface area contributed by atoms with Gasteiger partial charge in [-0.05, 0) is 60.0 Å². The van der Waals surface area contributed by atoms with Gasteiger partial charge in [0.1, 0.15) is 6.04 Å². The largest absolute Gasteiger partial charge is 0.481 e. The summed E-state index contributed by atoms with van der Waals surface area (Å²) < 4.78 is 28.1. The second-order valence-electron chi connectivity index (χ2n) is 8.44. The highest BCUT2D eigenvalue weighted by molar-refractivity contribution is 7.89. The number of aromatic nitrogens is 1. The van der Waals surface area contributed by atoms with Crippen molar-refractivity contribution in [2.24, 2.45) is 0 Å². The van der Waals surface area contributed by atoms with Crippen molar-refractivity contribution >= 4 is 32.9 Å². The third-order valence-corrected chi connectivity index (χ3v) is 7.28. The number of carboxylic acids is 2. The summed E-state index contributed by atoms with van der Waals surface area (Å²) in [7, 11) is -4.09. The van der Waals surface area contributed by atoms with E-state index in [1.54, 1.807) is 30.5 Å². The molecule has 4 aromatic rings. The van der Waals surface area contributed by atoms with Gasteiger partial charge in [-0.2, -0.15) is 4.72 Å². The molecule has 8 nitrogen and oxygen atoms in total. The van der Waals surface area contributed by atoms with Crippen LogP contribution < -0.4 is 4.72 Å². The molecule has 0 aliphatic heterocycles. The summed E-state index contributed by atoms with van der Waals surface area (Å²) in [6.07, 6.45) is 2.17. The fraction of sp³-hybridized carbons (Fsp3) is 0.143. The van der Waals surface area contributed by atoms with Crippen LogP contribution >= 0.6 is 0 Å². The van der Waals surface area contributed by atoms with Gasteiger partial charge in [0, 0.05) is 41.1 Å². The van der Waals surface area contributed by atoms with E-state index in [1.165, 1.54) is 12.1 Å². The zero-order valence-electron chi connectivity index (χ0n) is 19.6. The molecule has 0 radical (unpaired) electrons. The van der Waals surface area contributed by atoms with Crippen LogP contribution in [0.15, 0.2) is 83.9 Å². The summed E-state index contributed by atoms with van der Waals surface area (Å²) in [5, 5.41) is 19.3. The van der Waals surface area contributed by atoms with Gasteiger partial charge in [0.2, 0.25) is 10.0 Å². The number of rotatable bonds is 9. The first-order chi connectivity index (χ1) is 17.7. The maximum absolute atomic E-state index is 12.9. The molecule has 0 amide bonds. The molecule has 1 atom stereocenters. The number of para-hydroxylation sites is 1. The number of nitrogens with one attached hydrogen (secondary N) is 2. The van der Waals surface area contributed by atoms with Crippen LogP contribution in [0.1, 0.15) is 28.7 Å². The number of carbonyl (C=O) groups is 2. The monoisotopic (exact) mass is 516 g/mol. The fourth-order valence-electron chi connectivity index (χ4n) is 3.82. The van der Waals surface area contributed by atoms with Crippen molar-refractivity contribution in [3.8, 4) is 11.8 Å². The SMILES string of the molecule is O=C(O)CCc1ccc(C#Cc2ccc(S(=O)(=O)N[C@H](Cc3c[nH]c4ccccc34)C(=O)O)cc2)cc1. The highest BCUT2D eigenvalue weighted by Gasteiger charge is 2.26. The molecule has 0 aliphatic rings. The van der Waals surface area contributed by atoms with E-state index < -0.39 is 28.0 Å². The maximum atomic E-state index is 12.9. The Balaban J connectivity index is 1.44. The standard InChI is InChI=1S/C28H24N2O6S/c31-27(32)16-13-20-8-5-19(6-9-20)7-10-21-11-14-23(15-12-21)37(35,36)30-26(28(33)34)17-22-18-29-25-4-2-1-3-24(22)25/h1-6,8-9,11-12,14-15,18,26,29-30H,13,16-17H2,(H,31,32)(H,33,34)/t26-/m1/s1. The average molecular weight is 517 g/mol. The van der Waals surface area contributed by atoms with Gasteiger partial charge in [-0.1, -0.05) is 42.2 Å². The summed E-state index contributed by atoms with van der Waals surface area (Å²) in [5.74, 6) is 3.82. The summed E-state index contributed by atoms with van der Waals surface area (Å²) in [6, 6.07) is 19.2. The van der Waals surface area contributed by atoms with Gasteiger partial charge in [-0.3, -0.25) is 9.59 Å². The summed E-state index contributed by atoms with van der Waals surface area (Å²) in [5.41, 5.74) is 3.77. The molecule has 9 heteroatoms. The molecule has 4 N–H and O–H groups in total. The number of sulfonamides is 1. The predicted molar refractivity (Wildman–Crippen MR) is 139 cm³/mol. The number of fused-ring (bicyclic) bond motifs is 1. The highest BCUT2D eigenvalue weighted by atomic mass is 32.2. The molecule has 0 spiro atoms. The lowest BCUT2D eigenvalue weighted by Crippen LogP contribution is -2.42. The molecule has 1 heterocycles. The third kappa shape index (κ3) is 6.64. The minimum atomic E-state index is -4.09. The number of aromatic amines is 1. The molecule has 0 saturated heterocycles. The van der Waals surface area contributed by atoms with E-state index in [0.29, 0.717) is 17.5 Å². The normalized spacial score (nSPS) is 12.0. The van der Waals surface area contributed by atoms with Crippen molar-refractivity contribution in [3.63, 3.8) is 0 Å². The summed E-state index contributed by atoms with van der Waals surface area (Å²) in [6.45, 7) is 0. The Bertz CT molecular complexity index is 1590. The molecular formula is C28H24N2O6S. The summed E-state index contributed by atoms with van der Waals surface area (Å²) in [4.78, 5) is 25.5. The number of aliphatic carboxylic acids is 2. The molecule has 0 aliphatic carbocycles. The zero-order chi connectivity index (χ0) is 26.4. The lowest BCUT2D eigenvalue weighted by Gasteiger charge is -2.14. The second kappa shape index (κ2) is 11.1. The first-order valence-corrected chi connectivity index (χ1v) is 12.9. The van der Waals surface area contributed by atoms with Crippen molar-refractivity contribution in [2.75, 3.05) is 0 Å². The Morgan fingerprint density at radius 3 is 2.14 bits per heavy atom. The molecule has 37 heavy (non-hydrogen) atoms. The minimum absolute atomic E-state index is 0.0166. The van der Waals surface area contributed by atoms with Crippen LogP contribution in [0, 0.1) is 11.8 Å². The molecule has 3 aromatic carbocycles. The first-order valence-electron chi connectivity index (χ1n) is 11.4. The van der Waals surface area contributed by atoms with Gasteiger partial charge >= 0.3 is 11.9 Å². The number of hydrogen-bond donors (Lipinski definition) is 4. The van der Waals surface area contributed by atoms with Gasteiger partial charge in [0.25, 0.3) is 0 Å². The molecule has 4 rings (SSSR count). The molecule has 0 unspecified atom stereocenters. The van der Waals surface area contributed by atoms with Crippen LogP contribution in [0.3, 0.4) is 0 Å². The predicted octanol–water partition coefficient (Wildman–Crippen LogP) is 3.56. The lowest BCUT2D eigenvalue weighted by molar-refractivity contribution is -0.139. The highest BCUT2D eigenvalue weighted by Crippen LogP contribution is 2.20. The van der Waals surface area contributed by atoms with Crippen molar-refractivity contribution in [2.45, 2.75) is 30.2 Å². The average Bonchev–Trinajstić information content (AvgIpc) is 3.29.